The fraction of sp³-hybridized carbons (Fsp3) is 0. The van der Waals surface area contributed by atoms with Crippen LogP contribution in [0.3, 0.4) is 0 Å². The Morgan fingerprint density at radius 2 is 1.92 bits per heavy atom. The van der Waals surface area contributed by atoms with Gasteiger partial charge in [0.05, 0.1) is 6.21 Å². The van der Waals surface area contributed by atoms with Crippen molar-refractivity contribution in [2.24, 2.45) is 5.10 Å². The summed E-state index contributed by atoms with van der Waals surface area (Å²) < 4.78 is 11.7. The van der Waals surface area contributed by atoms with Crippen molar-refractivity contribution >= 4 is 56.5 Å². The third-order valence-electron chi connectivity index (χ3n) is 3.60. The van der Waals surface area contributed by atoms with Gasteiger partial charge >= 0.3 is 5.91 Å². The Morgan fingerprint density at radius 3 is 2.75 bits per heavy atom. The van der Waals surface area contributed by atoms with E-state index >= 15 is 0 Å². The van der Waals surface area contributed by atoms with Crippen molar-refractivity contribution in [1.29, 1.82) is 0 Å². The van der Waals surface area contributed by atoms with Gasteiger partial charge in [-0.1, -0.05) is 30.3 Å². The number of carbonyl (C=O) groups excluding carboxylic acids is 1. The van der Waals surface area contributed by atoms with Crippen LogP contribution in [0.4, 0.5) is 0 Å². The normalized spacial score (nSPS) is 11.5. The number of nitrogens with one attached hydrogen (secondary N) is 1. The van der Waals surface area contributed by atoms with E-state index in [-0.39, 0.29) is 5.76 Å². The molecule has 1 N–H and O–H groups in total. The van der Waals surface area contributed by atoms with E-state index in [1.165, 1.54) is 6.21 Å². The lowest BCUT2D eigenvalue weighted by Gasteiger charge is -1.96. The van der Waals surface area contributed by atoms with Gasteiger partial charge in [-0.15, -0.1) is 0 Å². The zero-order valence-electron chi connectivity index (χ0n) is 12.3. The quantitative estimate of drug-likeness (QED) is 0.295. The van der Waals surface area contributed by atoms with Gasteiger partial charge in [-0.25, -0.2) is 5.43 Å². The molecule has 0 aliphatic carbocycles. The van der Waals surface area contributed by atoms with Crippen molar-refractivity contribution in [3.05, 3.63) is 69.9 Å². The molecule has 2 heterocycles. The number of hydrogen-bond acceptors (Lipinski definition) is 4. The SMILES string of the molecule is O=C(N/N=C\c1ccc(I)o1)c1cc2c(ccc3ccccc32)o1. The summed E-state index contributed by atoms with van der Waals surface area (Å²) in [4.78, 5) is 12.2. The van der Waals surface area contributed by atoms with Crippen molar-refractivity contribution in [1.82, 2.24) is 5.43 Å². The Labute approximate surface area is 150 Å². The van der Waals surface area contributed by atoms with Gasteiger partial charge < -0.3 is 8.83 Å². The van der Waals surface area contributed by atoms with Crippen LogP contribution in [-0.4, -0.2) is 12.1 Å². The second-order valence-electron chi connectivity index (χ2n) is 5.15. The second-order valence-corrected chi connectivity index (χ2v) is 6.21. The largest absolute Gasteiger partial charge is 0.451 e. The number of halogens is 1. The Kier molecular flexibility index (Phi) is 3.81. The monoisotopic (exact) mass is 430 g/mol. The number of hydrogen-bond donors (Lipinski definition) is 1. The van der Waals surface area contributed by atoms with Crippen molar-refractivity contribution in [2.75, 3.05) is 0 Å². The number of hydrazone groups is 1. The first-order valence-electron chi connectivity index (χ1n) is 7.21. The first kappa shape index (κ1) is 14.9. The van der Waals surface area contributed by atoms with Crippen molar-refractivity contribution in [2.45, 2.75) is 0 Å². The van der Waals surface area contributed by atoms with Crippen LogP contribution in [0.2, 0.25) is 0 Å². The zero-order valence-corrected chi connectivity index (χ0v) is 14.5. The molecule has 2 aromatic carbocycles. The smallest absolute Gasteiger partial charge is 0.307 e. The van der Waals surface area contributed by atoms with E-state index in [2.05, 4.69) is 33.1 Å². The summed E-state index contributed by atoms with van der Waals surface area (Å²) in [6, 6.07) is 17.1. The van der Waals surface area contributed by atoms with Crippen LogP contribution in [0, 0.1) is 3.77 Å². The molecule has 0 atom stereocenters. The van der Waals surface area contributed by atoms with Gasteiger partial charge in [0.25, 0.3) is 0 Å². The third kappa shape index (κ3) is 2.80. The van der Waals surface area contributed by atoms with Gasteiger partial charge in [0.15, 0.2) is 9.53 Å². The van der Waals surface area contributed by atoms with E-state index in [4.69, 9.17) is 8.83 Å². The average molecular weight is 430 g/mol. The number of fused-ring (bicyclic) bond motifs is 3. The van der Waals surface area contributed by atoms with E-state index in [1.807, 2.05) is 42.5 Å². The van der Waals surface area contributed by atoms with Gasteiger partial charge in [0, 0.05) is 5.39 Å². The standard InChI is InChI=1S/C18H11IN2O3/c19-17-8-6-12(23-17)10-20-21-18(22)16-9-14-13-4-2-1-3-11(13)5-7-15(14)24-16/h1-10H,(H,21,22)/b20-10-. The minimum absolute atomic E-state index is 0.215. The van der Waals surface area contributed by atoms with Crippen molar-refractivity contribution in [3.63, 3.8) is 0 Å². The number of rotatable bonds is 3. The minimum atomic E-state index is -0.409. The number of benzene rings is 2. The van der Waals surface area contributed by atoms with Gasteiger partial charge in [0.2, 0.25) is 0 Å². The zero-order chi connectivity index (χ0) is 16.5. The Morgan fingerprint density at radius 1 is 1.04 bits per heavy atom. The fourth-order valence-corrected chi connectivity index (χ4v) is 2.95. The molecule has 0 saturated heterocycles. The van der Waals surface area contributed by atoms with Crippen LogP contribution in [0.25, 0.3) is 21.7 Å². The molecule has 0 fully saturated rings. The van der Waals surface area contributed by atoms with E-state index in [0.717, 1.165) is 19.9 Å². The van der Waals surface area contributed by atoms with Gasteiger partial charge in [-0.3, -0.25) is 4.79 Å². The number of nitrogens with zero attached hydrogens (tertiary/aromatic N) is 1. The van der Waals surface area contributed by atoms with Crippen LogP contribution in [0.15, 0.2) is 68.5 Å². The van der Waals surface area contributed by atoms with Gasteiger partial charge in [-0.2, -0.15) is 5.10 Å². The summed E-state index contributed by atoms with van der Waals surface area (Å²) >= 11 is 2.06. The first-order chi connectivity index (χ1) is 11.7. The summed E-state index contributed by atoms with van der Waals surface area (Å²) in [6.45, 7) is 0. The number of furan rings is 2. The molecule has 24 heavy (non-hydrogen) atoms. The van der Waals surface area contributed by atoms with Crippen LogP contribution in [-0.2, 0) is 0 Å². The molecule has 0 saturated carbocycles. The highest BCUT2D eigenvalue weighted by molar-refractivity contribution is 14.1. The maximum Gasteiger partial charge on any atom is 0.307 e. The molecule has 0 radical (unpaired) electrons. The molecule has 5 nitrogen and oxygen atoms in total. The predicted octanol–water partition coefficient (Wildman–Crippen LogP) is 4.55. The Hall–Kier alpha value is -2.61. The molecule has 0 bridgehead atoms. The second kappa shape index (κ2) is 6.12. The molecule has 4 aromatic rings. The summed E-state index contributed by atoms with van der Waals surface area (Å²) in [7, 11) is 0. The van der Waals surface area contributed by atoms with Crippen LogP contribution >= 0.6 is 22.6 Å². The maximum absolute atomic E-state index is 12.2. The summed E-state index contributed by atoms with van der Waals surface area (Å²) in [5.41, 5.74) is 3.11. The van der Waals surface area contributed by atoms with Crippen LogP contribution < -0.4 is 5.43 Å². The van der Waals surface area contributed by atoms with Crippen LogP contribution in [0.5, 0.6) is 0 Å². The molecule has 0 spiro atoms. The lowest BCUT2D eigenvalue weighted by Crippen LogP contribution is -2.16. The molecule has 4 rings (SSSR count). The molecule has 118 valence electrons. The first-order valence-corrected chi connectivity index (χ1v) is 8.28. The van der Waals surface area contributed by atoms with Gasteiger partial charge in [-0.05, 0) is 57.6 Å². The Bertz CT molecular complexity index is 1080. The lowest BCUT2D eigenvalue weighted by atomic mass is 10.1. The molecule has 6 heteroatoms. The highest BCUT2D eigenvalue weighted by atomic mass is 127. The molecular weight excluding hydrogens is 419 g/mol. The summed E-state index contributed by atoms with van der Waals surface area (Å²) in [6.07, 6.45) is 1.44. The molecule has 1 amide bonds. The highest BCUT2D eigenvalue weighted by Crippen LogP contribution is 2.28. The highest BCUT2D eigenvalue weighted by Gasteiger charge is 2.13. The average Bonchev–Trinajstić information content (AvgIpc) is 3.21. The van der Waals surface area contributed by atoms with E-state index in [9.17, 15) is 4.79 Å². The van der Waals surface area contributed by atoms with E-state index in [0.29, 0.717) is 11.3 Å². The van der Waals surface area contributed by atoms with Crippen LogP contribution in [0.1, 0.15) is 16.3 Å². The number of amides is 1. The van der Waals surface area contributed by atoms with E-state index < -0.39 is 5.91 Å². The van der Waals surface area contributed by atoms with Crippen molar-refractivity contribution < 1.29 is 13.6 Å². The maximum atomic E-state index is 12.2. The molecule has 2 aromatic heterocycles. The molecule has 0 unspecified atom stereocenters. The predicted molar refractivity (Wildman–Crippen MR) is 100 cm³/mol. The van der Waals surface area contributed by atoms with E-state index in [1.54, 1.807) is 12.1 Å². The number of carbonyl (C=O) groups is 1. The summed E-state index contributed by atoms with van der Waals surface area (Å²) in [5, 5.41) is 6.94. The third-order valence-corrected chi connectivity index (χ3v) is 4.18. The fourth-order valence-electron chi connectivity index (χ4n) is 2.51. The molecule has 0 aliphatic rings. The van der Waals surface area contributed by atoms with Crippen molar-refractivity contribution in [3.8, 4) is 0 Å². The lowest BCUT2D eigenvalue weighted by molar-refractivity contribution is 0.0929. The molecular formula is C18H11IN2O3. The topological polar surface area (TPSA) is 67.7 Å². The minimum Gasteiger partial charge on any atom is -0.451 e. The van der Waals surface area contributed by atoms with Gasteiger partial charge in [0.1, 0.15) is 11.3 Å². The summed E-state index contributed by atoms with van der Waals surface area (Å²) in [5.74, 6) is 0.371. The molecule has 0 aliphatic heterocycles. The Balaban J connectivity index is 1.60.